The van der Waals surface area contributed by atoms with Gasteiger partial charge in [-0.05, 0) is 0 Å². The van der Waals surface area contributed by atoms with E-state index in [4.69, 9.17) is 0 Å². The average Bonchev–Trinajstić information content (AvgIpc) is 2.80. The SMILES string of the molecule is CCCCCCCCCCCC[NH][Zr+2]([C]1=C(C)C(C)=C(C)C1C)[SiH](C)C.[Cl-].[Cl-]. The summed E-state index contributed by atoms with van der Waals surface area (Å²) in [6, 6.07) is 0. The molecule has 0 aromatic heterocycles. The van der Waals surface area contributed by atoms with Crippen molar-refractivity contribution in [2.24, 2.45) is 5.92 Å². The van der Waals surface area contributed by atoms with Crippen molar-refractivity contribution in [2.75, 3.05) is 6.54 Å². The Morgan fingerprint density at radius 3 is 1.64 bits per heavy atom. The molecule has 5 heteroatoms. The van der Waals surface area contributed by atoms with Crippen LogP contribution in [0.5, 0.6) is 0 Å². The predicted octanol–water partition coefficient (Wildman–Crippen LogP) is 1.28. The summed E-state index contributed by atoms with van der Waals surface area (Å²) in [5.74, 6) is 0.182. The van der Waals surface area contributed by atoms with Crippen LogP contribution in [0.2, 0.25) is 13.1 Å². The van der Waals surface area contributed by atoms with Gasteiger partial charge in [0.05, 0.1) is 0 Å². The topological polar surface area (TPSA) is 12.0 Å². The maximum atomic E-state index is 4.16. The van der Waals surface area contributed by atoms with Crippen molar-refractivity contribution in [1.82, 2.24) is 3.26 Å². The average molecular weight is 527 g/mol. The minimum atomic E-state index is -1.57. The third-order valence-corrected chi connectivity index (χ3v) is 24.0. The Balaban J connectivity index is 0. The van der Waals surface area contributed by atoms with Gasteiger partial charge in [0.2, 0.25) is 0 Å². The summed E-state index contributed by atoms with van der Waals surface area (Å²) in [4.78, 5) is 0. The molecule has 0 aromatic rings. The van der Waals surface area contributed by atoms with Crippen LogP contribution in [0.3, 0.4) is 0 Å². The molecule has 0 saturated heterocycles. The maximum Gasteiger partial charge on any atom is -1.00 e. The number of hydrogen-bond donors (Lipinski definition) is 1. The molecule has 0 amide bonds. The zero-order chi connectivity index (χ0) is 19.5. The Hall–Kier alpha value is 1.12. The van der Waals surface area contributed by atoms with Gasteiger partial charge in [-0.2, -0.15) is 0 Å². The normalized spacial score (nSPS) is 16.5. The van der Waals surface area contributed by atoms with Crippen LogP contribution in [-0.4, -0.2) is 12.5 Å². The van der Waals surface area contributed by atoms with E-state index < -0.39 is 27.1 Å². The Labute approximate surface area is 198 Å². The first-order chi connectivity index (χ1) is 12.4. The van der Waals surface area contributed by atoms with Crippen molar-refractivity contribution >= 4 is 5.92 Å². The van der Waals surface area contributed by atoms with Gasteiger partial charge in [-0.1, -0.05) is 6.92 Å². The van der Waals surface area contributed by atoms with Gasteiger partial charge in [-0.15, -0.1) is 0 Å². The Morgan fingerprint density at radius 2 is 1.25 bits per heavy atom. The van der Waals surface area contributed by atoms with Gasteiger partial charge in [0.1, 0.15) is 0 Å². The molecule has 0 radical (unpaired) electrons. The van der Waals surface area contributed by atoms with E-state index in [1.165, 1.54) is 70.8 Å². The minimum Gasteiger partial charge on any atom is -1.00 e. The number of halogens is 2. The van der Waals surface area contributed by atoms with Crippen molar-refractivity contribution < 1.29 is 46.0 Å². The third kappa shape index (κ3) is 10.4. The summed E-state index contributed by atoms with van der Waals surface area (Å²) in [6.45, 7) is 18.3. The zero-order valence-corrected chi connectivity index (χ0v) is 24.8. The first-order valence-electron chi connectivity index (χ1n) is 11.4. The third-order valence-electron chi connectivity index (χ3n) is 6.35. The molecule has 1 atom stereocenters. The molecule has 1 unspecified atom stereocenters. The summed E-state index contributed by atoms with van der Waals surface area (Å²) < 4.78 is 6.08. The quantitative estimate of drug-likeness (QED) is 0.266. The van der Waals surface area contributed by atoms with Crippen LogP contribution < -0.4 is 28.1 Å². The van der Waals surface area contributed by atoms with Crippen LogP contribution in [0.15, 0.2) is 20.0 Å². The van der Waals surface area contributed by atoms with E-state index in [1.54, 1.807) is 16.7 Å². The van der Waals surface area contributed by atoms with Gasteiger partial charge in [0, 0.05) is 0 Å². The smallest absolute Gasteiger partial charge is 1.00 e. The van der Waals surface area contributed by atoms with E-state index in [-0.39, 0.29) is 24.8 Å². The molecule has 165 valence electrons. The Kier molecular flexibility index (Phi) is 19.9. The summed E-state index contributed by atoms with van der Waals surface area (Å²) >= 11 is -1.57. The fourth-order valence-corrected chi connectivity index (χ4v) is 21.2. The fraction of sp³-hybridized carbons (Fsp3) is 0.826. The molecular weight excluding hydrogens is 480 g/mol. The number of allylic oxidation sites excluding steroid dienone is 4. The van der Waals surface area contributed by atoms with Crippen molar-refractivity contribution in [2.45, 2.75) is 112 Å². The molecule has 0 saturated carbocycles. The zero-order valence-electron chi connectivity index (χ0n) is 19.7. The fourth-order valence-electron chi connectivity index (χ4n) is 4.24. The van der Waals surface area contributed by atoms with Gasteiger partial charge in [0.25, 0.3) is 0 Å². The van der Waals surface area contributed by atoms with E-state index >= 15 is 0 Å². The molecule has 1 aliphatic carbocycles. The van der Waals surface area contributed by atoms with E-state index in [1.807, 2.05) is 3.28 Å². The van der Waals surface area contributed by atoms with E-state index in [0.29, 0.717) is 0 Å². The number of rotatable bonds is 14. The number of hydrogen-bond acceptors (Lipinski definition) is 1. The van der Waals surface area contributed by atoms with Crippen molar-refractivity contribution in [3.8, 4) is 0 Å². The van der Waals surface area contributed by atoms with Crippen molar-refractivity contribution in [3.05, 3.63) is 20.0 Å². The molecule has 1 N–H and O–H groups in total. The van der Waals surface area contributed by atoms with Gasteiger partial charge in [-0.25, -0.2) is 0 Å². The predicted molar refractivity (Wildman–Crippen MR) is 119 cm³/mol. The molecule has 0 spiro atoms. The molecule has 0 fully saturated rings. The largest absolute Gasteiger partial charge is 1.00 e. The van der Waals surface area contributed by atoms with Crippen LogP contribution >= 0.6 is 0 Å². The van der Waals surface area contributed by atoms with E-state index in [9.17, 15) is 0 Å². The number of unbranched alkanes of at least 4 members (excludes halogenated alkanes) is 9. The summed E-state index contributed by atoms with van der Waals surface area (Å²) in [6.07, 6.45) is 14.4. The van der Waals surface area contributed by atoms with Crippen molar-refractivity contribution in [3.63, 3.8) is 0 Å². The first-order valence-corrected chi connectivity index (χ1v) is 21.0. The molecule has 0 heterocycles. The van der Waals surface area contributed by atoms with E-state index in [0.717, 1.165) is 5.92 Å². The second kappa shape index (κ2) is 17.8. The second-order valence-corrected chi connectivity index (χ2v) is 27.2. The molecule has 0 aliphatic heterocycles. The molecule has 1 rings (SSSR count). The molecular formula is C23H46Cl2NSiZr. The summed E-state index contributed by atoms with van der Waals surface area (Å²) in [7, 11) is 0. The van der Waals surface area contributed by atoms with Gasteiger partial charge in [0.15, 0.2) is 0 Å². The standard InChI is InChI=1S/C12H26N.C9H13.C2H7Si.2ClH.Zr/c1-2-3-4-5-6-7-8-9-10-11-12-13;1-6-5-7(2)9(4)8(6)3;1-3-2;;;/h13H,2-12H2,1H3;6H,1-4H3;3H,1-2H3;2*1H;/q-1;;;;;+3/p-2. The minimum absolute atomic E-state index is 0. The maximum absolute atomic E-state index is 4.16. The van der Waals surface area contributed by atoms with Gasteiger partial charge < -0.3 is 24.8 Å². The summed E-state index contributed by atoms with van der Waals surface area (Å²) in [5.41, 5.74) is 4.91. The molecule has 28 heavy (non-hydrogen) atoms. The Morgan fingerprint density at radius 1 is 0.786 bits per heavy atom. The number of nitrogens with one attached hydrogen (secondary N) is 1. The second-order valence-electron chi connectivity index (χ2n) is 8.75. The molecule has 1 aliphatic rings. The molecule has 0 aromatic carbocycles. The monoisotopic (exact) mass is 524 g/mol. The van der Waals surface area contributed by atoms with Crippen LogP contribution in [-0.2, 0) is 21.2 Å². The van der Waals surface area contributed by atoms with Crippen LogP contribution in [0.4, 0.5) is 0 Å². The van der Waals surface area contributed by atoms with Crippen LogP contribution in [0.1, 0.15) is 98.8 Å². The first kappa shape index (κ1) is 31.3. The van der Waals surface area contributed by atoms with Crippen molar-refractivity contribution in [1.29, 1.82) is 0 Å². The molecule has 0 bridgehead atoms. The Bertz CT molecular complexity index is 477. The van der Waals surface area contributed by atoms with Gasteiger partial charge >= 0.3 is 168 Å². The molecule has 1 nitrogen and oxygen atoms in total. The van der Waals surface area contributed by atoms with Crippen LogP contribution in [0.25, 0.3) is 0 Å². The van der Waals surface area contributed by atoms with E-state index in [2.05, 4.69) is 51.0 Å². The summed E-state index contributed by atoms with van der Waals surface area (Å²) in [5, 5.41) is 0. The van der Waals surface area contributed by atoms with Gasteiger partial charge in [-0.3, -0.25) is 0 Å². The van der Waals surface area contributed by atoms with Crippen LogP contribution in [0, 0.1) is 5.92 Å².